The zero-order valence-electron chi connectivity index (χ0n) is 34.2. The van der Waals surface area contributed by atoms with Crippen molar-refractivity contribution in [2.24, 2.45) is 0 Å². The summed E-state index contributed by atoms with van der Waals surface area (Å²) in [5, 5.41) is 30.8. The number of hydrogen-bond acceptors (Lipinski definition) is 11. The summed E-state index contributed by atoms with van der Waals surface area (Å²) in [4.78, 5) is 25.3. The Morgan fingerprint density at radius 3 is 1.70 bits per heavy atom. The molecule has 0 aromatic carbocycles. The van der Waals surface area contributed by atoms with Crippen LogP contribution in [0.3, 0.4) is 0 Å². The number of unbranched alkanes of at least 4 members (excludes halogenated alkanes) is 14. The number of allylic oxidation sites excluding steroid dienone is 8. The molecule has 13 heteroatoms. The van der Waals surface area contributed by atoms with Gasteiger partial charge in [0.05, 0.1) is 6.61 Å². The lowest BCUT2D eigenvalue weighted by atomic mass is 10.00. The molecule has 0 aliphatic carbocycles. The quantitative estimate of drug-likeness (QED) is 0.0213. The Kier molecular flexibility index (Phi) is 30.9. The number of aliphatic hydroxyl groups excluding tert-OH is 3. The third kappa shape index (κ3) is 28.1. The van der Waals surface area contributed by atoms with Crippen LogP contribution in [0.15, 0.2) is 48.6 Å². The molecule has 1 saturated heterocycles. The number of rotatable bonds is 34. The van der Waals surface area contributed by atoms with Gasteiger partial charge in [-0.05, 0) is 64.2 Å². The molecule has 1 aliphatic rings. The first-order valence-corrected chi connectivity index (χ1v) is 22.8. The number of aliphatic hydroxyl groups is 3. The van der Waals surface area contributed by atoms with E-state index in [-0.39, 0.29) is 19.4 Å². The fourth-order valence-electron chi connectivity index (χ4n) is 6.08. The van der Waals surface area contributed by atoms with Gasteiger partial charge in [-0.15, -0.1) is 0 Å². The van der Waals surface area contributed by atoms with E-state index in [1.807, 2.05) is 0 Å². The van der Waals surface area contributed by atoms with E-state index in [1.54, 1.807) is 0 Å². The predicted octanol–water partition coefficient (Wildman–Crippen LogP) is 8.00. The van der Waals surface area contributed by atoms with E-state index >= 15 is 0 Å². The Morgan fingerprint density at radius 2 is 1.12 bits per heavy atom. The van der Waals surface area contributed by atoms with Gasteiger partial charge in [-0.3, -0.25) is 14.1 Å². The van der Waals surface area contributed by atoms with Gasteiger partial charge < -0.3 is 34.3 Å². The summed E-state index contributed by atoms with van der Waals surface area (Å²) in [6.07, 6.45) is 28.8. The Balaban J connectivity index is 2.48. The molecular formula is C43H74O12S. The number of carbonyl (C=O) groups excluding carboxylic acids is 2. The maximum atomic E-state index is 12.8. The van der Waals surface area contributed by atoms with Crippen LogP contribution in [0.2, 0.25) is 0 Å². The molecular weight excluding hydrogens is 741 g/mol. The molecule has 4 N–H and O–H groups in total. The monoisotopic (exact) mass is 814 g/mol. The van der Waals surface area contributed by atoms with Gasteiger partial charge in [-0.2, -0.15) is 8.42 Å². The molecule has 0 aromatic rings. The van der Waals surface area contributed by atoms with E-state index in [2.05, 4.69) is 62.5 Å². The van der Waals surface area contributed by atoms with Crippen molar-refractivity contribution in [1.29, 1.82) is 0 Å². The van der Waals surface area contributed by atoms with Crippen LogP contribution < -0.4 is 0 Å². The molecule has 0 bridgehead atoms. The normalized spacial score (nSPS) is 21.1. The van der Waals surface area contributed by atoms with Gasteiger partial charge in [0.15, 0.2) is 12.4 Å². The standard InChI is InChI=1S/C43H74O12S/c1-3-5-7-9-11-13-15-16-17-18-19-20-22-24-26-28-30-32-39(45)54-36(33-52-38(44)31-29-27-25-23-21-14-12-10-8-6-4-2)34-53-43-42(48)41(47)40(46)37(55-43)35-56(49,50)51/h5,7,10-13,16-17,36-37,40-43,46-48H,3-4,6,8-9,14-15,18-35H2,1-2H3,(H,49,50,51)/b7-5-,12-10-,13-11-,17-16-. The summed E-state index contributed by atoms with van der Waals surface area (Å²) in [7, 11) is -4.60. The van der Waals surface area contributed by atoms with Crippen LogP contribution >= 0.6 is 0 Å². The molecule has 0 aromatic heterocycles. The zero-order valence-corrected chi connectivity index (χ0v) is 35.0. The van der Waals surface area contributed by atoms with Crippen LogP contribution in [-0.2, 0) is 38.7 Å². The van der Waals surface area contributed by atoms with Gasteiger partial charge in [-0.25, -0.2) is 0 Å². The topological polar surface area (TPSA) is 186 Å². The number of hydrogen-bond donors (Lipinski definition) is 4. The van der Waals surface area contributed by atoms with Crippen molar-refractivity contribution in [3.8, 4) is 0 Å². The molecule has 0 radical (unpaired) electrons. The molecule has 56 heavy (non-hydrogen) atoms. The molecule has 1 aliphatic heterocycles. The lowest BCUT2D eigenvalue weighted by Gasteiger charge is -2.40. The molecule has 1 rings (SSSR count). The molecule has 12 nitrogen and oxygen atoms in total. The molecule has 0 spiro atoms. The molecule has 324 valence electrons. The molecule has 6 unspecified atom stereocenters. The van der Waals surface area contributed by atoms with Crippen molar-refractivity contribution in [2.45, 2.75) is 192 Å². The summed E-state index contributed by atoms with van der Waals surface area (Å²) in [6, 6.07) is 0. The second-order valence-electron chi connectivity index (χ2n) is 14.6. The van der Waals surface area contributed by atoms with Crippen LogP contribution in [0.5, 0.6) is 0 Å². The molecule has 6 atom stereocenters. The summed E-state index contributed by atoms with van der Waals surface area (Å²) in [5.74, 6) is -2.01. The van der Waals surface area contributed by atoms with Gasteiger partial charge in [0, 0.05) is 12.8 Å². The predicted molar refractivity (Wildman–Crippen MR) is 219 cm³/mol. The first kappa shape index (κ1) is 51.6. The van der Waals surface area contributed by atoms with Crippen LogP contribution in [0.4, 0.5) is 0 Å². The van der Waals surface area contributed by atoms with E-state index in [4.69, 9.17) is 18.9 Å². The Labute approximate surface area is 337 Å². The van der Waals surface area contributed by atoms with Crippen molar-refractivity contribution in [1.82, 2.24) is 0 Å². The number of carbonyl (C=O) groups is 2. The van der Waals surface area contributed by atoms with E-state index in [0.717, 1.165) is 103 Å². The fourth-order valence-corrected chi connectivity index (χ4v) is 6.77. The largest absolute Gasteiger partial charge is 0.462 e. The summed E-state index contributed by atoms with van der Waals surface area (Å²) in [5.41, 5.74) is 0. The smallest absolute Gasteiger partial charge is 0.306 e. The highest BCUT2D eigenvalue weighted by molar-refractivity contribution is 7.85. The van der Waals surface area contributed by atoms with Crippen LogP contribution in [0.25, 0.3) is 0 Å². The molecule has 1 fully saturated rings. The first-order valence-electron chi connectivity index (χ1n) is 21.2. The minimum Gasteiger partial charge on any atom is -0.462 e. The van der Waals surface area contributed by atoms with Crippen molar-refractivity contribution in [3.05, 3.63) is 48.6 Å². The van der Waals surface area contributed by atoms with E-state index in [0.29, 0.717) is 12.8 Å². The minimum atomic E-state index is -4.60. The van der Waals surface area contributed by atoms with Crippen LogP contribution in [0, 0.1) is 0 Å². The highest BCUT2D eigenvalue weighted by Gasteiger charge is 2.46. The maximum absolute atomic E-state index is 12.8. The lowest BCUT2D eigenvalue weighted by Crippen LogP contribution is -2.60. The second kappa shape index (κ2) is 33.6. The van der Waals surface area contributed by atoms with Gasteiger partial charge >= 0.3 is 11.9 Å². The summed E-state index contributed by atoms with van der Waals surface area (Å²) in [6.45, 7) is 3.57. The molecule has 0 saturated carbocycles. The minimum absolute atomic E-state index is 0.150. The fraction of sp³-hybridized carbons (Fsp3) is 0.767. The second-order valence-corrected chi connectivity index (χ2v) is 16.1. The third-order valence-electron chi connectivity index (χ3n) is 9.39. The van der Waals surface area contributed by atoms with Gasteiger partial charge in [-0.1, -0.05) is 127 Å². The maximum Gasteiger partial charge on any atom is 0.306 e. The molecule has 0 amide bonds. The Bertz CT molecular complexity index is 1230. The lowest BCUT2D eigenvalue weighted by molar-refractivity contribution is -0.297. The average Bonchev–Trinajstić information content (AvgIpc) is 3.16. The van der Waals surface area contributed by atoms with Crippen molar-refractivity contribution in [2.75, 3.05) is 19.0 Å². The van der Waals surface area contributed by atoms with Crippen molar-refractivity contribution in [3.63, 3.8) is 0 Å². The van der Waals surface area contributed by atoms with E-state index < -0.39 is 71.2 Å². The third-order valence-corrected chi connectivity index (χ3v) is 10.1. The number of esters is 2. The van der Waals surface area contributed by atoms with Crippen molar-refractivity contribution < 1.29 is 56.8 Å². The number of ether oxygens (including phenoxy) is 4. The van der Waals surface area contributed by atoms with Crippen LogP contribution in [-0.4, -0.2) is 96.0 Å². The van der Waals surface area contributed by atoms with Gasteiger partial charge in [0.2, 0.25) is 0 Å². The first-order chi connectivity index (χ1) is 27.0. The van der Waals surface area contributed by atoms with Crippen molar-refractivity contribution >= 4 is 22.1 Å². The van der Waals surface area contributed by atoms with Gasteiger partial charge in [0.1, 0.15) is 36.8 Å². The zero-order chi connectivity index (χ0) is 41.3. The summed E-state index contributed by atoms with van der Waals surface area (Å²) >= 11 is 0. The van der Waals surface area contributed by atoms with Crippen LogP contribution in [0.1, 0.15) is 155 Å². The van der Waals surface area contributed by atoms with Gasteiger partial charge in [0.25, 0.3) is 10.1 Å². The molecule has 1 heterocycles. The van der Waals surface area contributed by atoms with E-state index in [1.165, 1.54) is 12.8 Å². The Hall–Kier alpha value is -2.39. The SMILES string of the molecule is CC/C=C\C/C=C\C/C=C\CCCCCCCCCC(=O)OC(COC(=O)CCCCCCC/C=C\CCCC)COC1OC(CS(=O)(=O)O)C(O)C(O)C1O. The highest BCUT2D eigenvalue weighted by atomic mass is 32.2. The van der Waals surface area contributed by atoms with E-state index in [9.17, 15) is 37.9 Å². The highest BCUT2D eigenvalue weighted by Crippen LogP contribution is 2.24. The average molecular weight is 815 g/mol. The Morgan fingerprint density at radius 1 is 0.625 bits per heavy atom. The summed E-state index contributed by atoms with van der Waals surface area (Å²) < 4.78 is 53.9.